The maximum atomic E-state index is 11.3. The number of aromatic carboxylic acids is 1. The van der Waals surface area contributed by atoms with E-state index in [2.05, 4.69) is 6.92 Å². The number of carbonyl (C=O) groups is 1. The van der Waals surface area contributed by atoms with Crippen LogP contribution in [0, 0.1) is 0 Å². The molecule has 2 aromatic carbocycles. The molecular formula is C18H22O4. The van der Waals surface area contributed by atoms with E-state index in [4.69, 9.17) is 4.74 Å². The van der Waals surface area contributed by atoms with Gasteiger partial charge in [0.1, 0.15) is 17.1 Å². The number of rotatable bonds is 7. The number of aryl methyl sites for hydroxylation is 1. The highest BCUT2D eigenvalue weighted by molar-refractivity contribution is 6.04. The fraction of sp³-hybridized carbons (Fsp3) is 0.389. The number of aromatic hydroxyl groups is 1. The number of fused-ring (bicyclic) bond motifs is 1. The Hall–Kier alpha value is -2.23. The summed E-state index contributed by atoms with van der Waals surface area (Å²) in [6, 6.07) is 6.97. The van der Waals surface area contributed by atoms with E-state index in [0.717, 1.165) is 36.6 Å². The van der Waals surface area contributed by atoms with Gasteiger partial charge in [-0.25, -0.2) is 4.79 Å². The second kappa shape index (κ2) is 7.16. The van der Waals surface area contributed by atoms with Gasteiger partial charge in [0, 0.05) is 10.8 Å². The molecule has 2 aromatic rings. The second-order valence-electron chi connectivity index (χ2n) is 5.32. The van der Waals surface area contributed by atoms with Crippen LogP contribution in [-0.2, 0) is 6.42 Å². The predicted octanol–water partition coefficient (Wildman–Crippen LogP) is 4.38. The lowest BCUT2D eigenvalue weighted by atomic mass is 9.98. The standard InChI is InChI=1S/C18H22O4/c1-3-5-6-10-22-15-11-14(18(20)21)17(19)13-9-7-8-12(4-2)16(13)15/h7-9,11,19H,3-6,10H2,1-2H3,(H,20,21). The third-order valence-corrected chi connectivity index (χ3v) is 3.80. The van der Waals surface area contributed by atoms with Gasteiger partial charge in [-0.2, -0.15) is 0 Å². The Bertz CT molecular complexity index is 676. The van der Waals surface area contributed by atoms with E-state index in [1.807, 2.05) is 19.1 Å². The minimum Gasteiger partial charge on any atom is -0.506 e. The predicted molar refractivity (Wildman–Crippen MR) is 87.0 cm³/mol. The Morgan fingerprint density at radius 3 is 2.64 bits per heavy atom. The van der Waals surface area contributed by atoms with Gasteiger partial charge >= 0.3 is 5.97 Å². The van der Waals surface area contributed by atoms with E-state index < -0.39 is 5.97 Å². The molecule has 0 aliphatic heterocycles. The van der Waals surface area contributed by atoms with Crippen molar-refractivity contribution in [1.29, 1.82) is 0 Å². The Morgan fingerprint density at radius 1 is 1.23 bits per heavy atom. The van der Waals surface area contributed by atoms with Crippen molar-refractivity contribution in [3.63, 3.8) is 0 Å². The van der Waals surface area contributed by atoms with E-state index >= 15 is 0 Å². The zero-order valence-electron chi connectivity index (χ0n) is 13.1. The molecule has 0 heterocycles. The molecule has 0 radical (unpaired) electrons. The van der Waals surface area contributed by atoms with Crippen molar-refractivity contribution >= 4 is 16.7 Å². The third kappa shape index (κ3) is 3.16. The molecule has 0 aliphatic carbocycles. The van der Waals surface area contributed by atoms with Gasteiger partial charge in [0.05, 0.1) is 6.61 Å². The van der Waals surface area contributed by atoms with Crippen LogP contribution >= 0.6 is 0 Å². The average Bonchev–Trinajstić information content (AvgIpc) is 2.52. The van der Waals surface area contributed by atoms with Gasteiger partial charge in [-0.3, -0.25) is 0 Å². The summed E-state index contributed by atoms with van der Waals surface area (Å²) in [6.07, 6.45) is 3.88. The van der Waals surface area contributed by atoms with E-state index in [-0.39, 0.29) is 11.3 Å². The summed E-state index contributed by atoms with van der Waals surface area (Å²) in [5.41, 5.74) is 0.918. The Labute approximate surface area is 130 Å². The fourth-order valence-electron chi connectivity index (χ4n) is 2.61. The lowest BCUT2D eigenvalue weighted by molar-refractivity contribution is 0.0693. The minimum atomic E-state index is -1.15. The van der Waals surface area contributed by atoms with Gasteiger partial charge in [-0.05, 0) is 24.5 Å². The van der Waals surface area contributed by atoms with Crippen LogP contribution in [0.5, 0.6) is 11.5 Å². The van der Waals surface area contributed by atoms with Crippen LogP contribution in [0.3, 0.4) is 0 Å². The number of benzene rings is 2. The minimum absolute atomic E-state index is 0.119. The molecule has 4 nitrogen and oxygen atoms in total. The van der Waals surface area contributed by atoms with Gasteiger partial charge in [0.2, 0.25) is 0 Å². The van der Waals surface area contributed by atoms with Gasteiger partial charge in [0.15, 0.2) is 0 Å². The molecule has 0 bridgehead atoms. The summed E-state index contributed by atoms with van der Waals surface area (Å²) in [5.74, 6) is -0.808. The number of carboxylic acid groups (broad SMARTS) is 1. The maximum Gasteiger partial charge on any atom is 0.339 e. The van der Waals surface area contributed by atoms with Crippen molar-refractivity contribution in [2.45, 2.75) is 39.5 Å². The van der Waals surface area contributed by atoms with Gasteiger partial charge in [-0.1, -0.05) is 44.9 Å². The van der Waals surface area contributed by atoms with Gasteiger partial charge < -0.3 is 14.9 Å². The van der Waals surface area contributed by atoms with Crippen molar-refractivity contribution in [2.24, 2.45) is 0 Å². The number of hydrogen-bond donors (Lipinski definition) is 2. The van der Waals surface area contributed by atoms with Crippen molar-refractivity contribution in [1.82, 2.24) is 0 Å². The molecular weight excluding hydrogens is 280 g/mol. The van der Waals surface area contributed by atoms with Crippen LogP contribution in [0.25, 0.3) is 10.8 Å². The zero-order chi connectivity index (χ0) is 16.1. The lowest BCUT2D eigenvalue weighted by Crippen LogP contribution is -2.03. The molecule has 0 atom stereocenters. The fourth-order valence-corrected chi connectivity index (χ4v) is 2.61. The van der Waals surface area contributed by atoms with Crippen LogP contribution in [0.15, 0.2) is 24.3 Å². The molecule has 0 aromatic heterocycles. The molecule has 0 saturated heterocycles. The summed E-state index contributed by atoms with van der Waals surface area (Å²) < 4.78 is 5.84. The van der Waals surface area contributed by atoms with Crippen LogP contribution in [-0.4, -0.2) is 22.8 Å². The van der Waals surface area contributed by atoms with Crippen molar-refractivity contribution in [3.05, 3.63) is 35.4 Å². The first kappa shape index (κ1) is 16.1. The van der Waals surface area contributed by atoms with E-state index in [9.17, 15) is 15.0 Å². The third-order valence-electron chi connectivity index (χ3n) is 3.80. The molecule has 0 saturated carbocycles. The first-order valence-electron chi connectivity index (χ1n) is 7.73. The topological polar surface area (TPSA) is 66.8 Å². The smallest absolute Gasteiger partial charge is 0.339 e. The molecule has 0 aliphatic rings. The molecule has 0 amide bonds. The summed E-state index contributed by atoms with van der Waals surface area (Å²) in [4.78, 5) is 11.3. The number of carboxylic acids is 1. The molecule has 0 unspecified atom stereocenters. The molecule has 118 valence electrons. The van der Waals surface area contributed by atoms with E-state index in [0.29, 0.717) is 17.7 Å². The van der Waals surface area contributed by atoms with Gasteiger partial charge in [-0.15, -0.1) is 0 Å². The first-order chi connectivity index (χ1) is 10.6. The van der Waals surface area contributed by atoms with Crippen molar-refractivity contribution in [2.75, 3.05) is 6.61 Å². The molecule has 2 rings (SSSR count). The molecule has 4 heteroatoms. The van der Waals surface area contributed by atoms with Crippen LogP contribution < -0.4 is 4.74 Å². The van der Waals surface area contributed by atoms with E-state index in [1.54, 1.807) is 6.07 Å². The monoisotopic (exact) mass is 302 g/mol. The second-order valence-corrected chi connectivity index (χ2v) is 5.32. The largest absolute Gasteiger partial charge is 0.506 e. The highest BCUT2D eigenvalue weighted by Gasteiger charge is 2.18. The van der Waals surface area contributed by atoms with Crippen LogP contribution in [0.2, 0.25) is 0 Å². The molecule has 0 fully saturated rings. The van der Waals surface area contributed by atoms with Gasteiger partial charge in [0.25, 0.3) is 0 Å². The molecule has 2 N–H and O–H groups in total. The summed E-state index contributed by atoms with van der Waals surface area (Å²) >= 11 is 0. The molecule has 22 heavy (non-hydrogen) atoms. The normalized spacial score (nSPS) is 10.8. The number of ether oxygens (including phenoxy) is 1. The Balaban J connectivity index is 2.55. The SMILES string of the molecule is CCCCCOc1cc(C(=O)O)c(O)c2cccc(CC)c12. The number of hydrogen-bond acceptors (Lipinski definition) is 3. The number of unbranched alkanes of at least 4 members (excludes halogenated alkanes) is 2. The van der Waals surface area contributed by atoms with Crippen molar-refractivity contribution < 1.29 is 19.7 Å². The Kier molecular flexibility index (Phi) is 5.26. The Morgan fingerprint density at radius 2 is 2.00 bits per heavy atom. The zero-order valence-corrected chi connectivity index (χ0v) is 13.1. The maximum absolute atomic E-state index is 11.3. The summed E-state index contributed by atoms with van der Waals surface area (Å²) in [6.45, 7) is 4.69. The quantitative estimate of drug-likeness (QED) is 0.745. The highest BCUT2D eigenvalue weighted by Crippen LogP contribution is 2.38. The average molecular weight is 302 g/mol. The van der Waals surface area contributed by atoms with Crippen LogP contribution in [0.1, 0.15) is 49.0 Å². The molecule has 0 spiro atoms. The first-order valence-corrected chi connectivity index (χ1v) is 7.73. The summed E-state index contributed by atoms with van der Waals surface area (Å²) in [7, 11) is 0. The van der Waals surface area contributed by atoms with Crippen molar-refractivity contribution in [3.8, 4) is 11.5 Å². The lowest BCUT2D eigenvalue weighted by Gasteiger charge is -2.15. The van der Waals surface area contributed by atoms with E-state index in [1.165, 1.54) is 6.07 Å². The number of phenols is 1. The highest BCUT2D eigenvalue weighted by atomic mass is 16.5. The summed E-state index contributed by atoms with van der Waals surface area (Å²) in [5, 5.41) is 20.8. The van der Waals surface area contributed by atoms with Crippen LogP contribution in [0.4, 0.5) is 0 Å².